The van der Waals surface area contributed by atoms with Crippen LogP contribution in [0, 0.1) is 0 Å². The second-order valence-corrected chi connectivity index (χ2v) is 6.35. The molecule has 0 fully saturated rings. The molecule has 0 aromatic carbocycles. The Morgan fingerprint density at radius 1 is 1.19 bits per heavy atom. The first-order valence-corrected chi connectivity index (χ1v) is 7.86. The van der Waals surface area contributed by atoms with Crippen LogP contribution in [0.4, 0.5) is 0 Å². The molecule has 0 aromatic heterocycles. The Labute approximate surface area is 102 Å². The van der Waals surface area contributed by atoms with Crippen molar-refractivity contribution in [3.63, 3.8) is 0 Å². The molecule has 0 rings (SSSR count). The van der Waals surface area contributed by atoms with E-state index in [1.807, 2.05) is 34.7 Å². The molecule has 0 amide bonds. The van der Waals surface area contributed by atoms with Gasteiger partial charge in [0.25, 0.3) is 0 Å². The summed E-state index contributed by atoms with van der Waals surface area (Å²) in [5.41, 5.74) is 0. The predicted octanol–water partition coefficient (Wildman–Crippen LogP) is 2.92. The molecule has 0 aliphatic carbocycles. The Morgan fingerprint density at radius 3 is 2.06 bits per heavy atom. The van der Waals surface area contributed by atoms with Gasteiger partial charge in [0, 0.05) is 6.61 Å². The minimum atomic E-state index is -3.11. The lowest BCUT2D eigenvalue weighted by Gasteiger charge is -2.22. The van der Waals surface area contributed by atoms with Crippen LogP contribution in [0.3, 0.4) is 0 Å². The first kappa shape index (κ1) is 16.6. The van der Waals surface area contributed by atoms with E-state index in [1.54, 1.807) is 0 Å². The van der Waals surface area contributed by atoms with Crippen LogP contribution in [-0.2, 0) is 18.3 Å². The zero-order valence-electron chi connectivity index (χ0n) is 10.5. The lowest BCUT2D eigenvalue weighted by Crippen LogP contribution is -2.12. The number of hydrogen-bond donors (Lipinski definition) is 0. The first-order valence-electron chi connectivity index (χ1n) is 5.46. The van der Waals surface area contributed by atoms with Gasteiger partial charge >= 0.3 is 7.60 Å². The van der Waals surface area contributed by atoms with Gasteiger partial charge in [0.2, 0.25) is 0 Å². The molecule has 1 unspecified atom stereocenters. The highest BCUT2D eigenvalue weighted by Crippen LogP contribution is 2.50. The fourth-order valence-electron chi connectivity index (χ4n) is 1.06. The third-order valence-electron chi connectivity index (χ3n) is 1.42. The maximum Gasteiger partial charge on any atom is 0.356 e. The van der Waals surface area contributed by atoms with E-state index in [0.717, 1.165) is 6.32 Å². The van der Waals surface area contributed by atoms with Crippen LogP contribution in [0.1, 0.15) is 27.7 Å². The first-order chi connectivity index (χ1) is 7.39. The molecule has 0 saturated carbocycles. The topological polar surface area (TPSA) is 44.8 Å². The molecule has 7 heteroatoms. The Bertz CT molecular complexity index is 210. The van der Waals surface area contributed by atoms with E-state index in [9.17, 15) is 4.57 Å². The normalized spacial score (nSPS) is 12.4. The number of hydrogen-bond acceptors (Lipinski definition) is 4. The monoisotopic (exact) mass is 267 g/mol. The van der Waals surface area contributed by atoms with Crippen molar-refractivity contribution in [2.24, 2.45) is 0 Å². The van der Waals surface area contributed by atoms with Crippen molar-refractivity contribution in [3.05, 3.63) is 0 Å². The Kier molecular flexibility index (Phi) is 8.99. The van der Waals surface area contributed by atoms with E-state index in [1.165, 1.54) is 0 Å². The smallest absolute Gasteiger partial charge is 0.356 e. The van der Waals surface area contributed by atoms with Gasteiger partial charge in [-0.25, -0.2) is 0 Å². The maximum absolute atomic E-state index is 12.2. The molecule has 0 N–H and O–H groups in total. The van der Waals surface area contributed by atoms with Gasteiger partial charge in [-0.1, -0.05) is 6.32 Å². The van der Waals surface area contributed by atoms with Crippen molar-refractivity contribution in [2.45, 2.75) is 46.2 Å². The zero-order valence-corrected chi connectivity index (χ0v) is 12.6. The van der Waals surface area contributed by atoms with Crippen LogP contribution >= 0.6 is 16.7 Å². The number of rotatable bonds is 9. The van der Waals surface area contributed by atoms with Crippen LogP contribution < -0.4 is 0 Å². The fourth-order valence-corrected chi connectivity index (χ4v) is 3.00. The van der Waals surface area contributed by atoms with Gasteiger partial charge in [-0.15, -0.1) is 0 Å². The van der Waals surface area contributed by atoms with Crippen LogP contribution in [0.25, 0.3) is 0 Å². The van der Waals surface area contributed by atoms with Crippen molar-refractivity contribution < 1.29 is 18.3 Å². The molecule has 1 atom stereocenters. The summed E-state index contributed by atoms with van der Waals surface area (Å²) in [4.78, 5) is 0. The average Bonchev–Trinajstić information content (AvgIpc) is 2.09. The van der Waals surface area contributed by atoms with E-state index >= 15 is 0 Å². The maximum atomic E-state index is 12.2. The molecule has 16 heavy (non-hydrogen) atoms. The molecule has 4 nitrogen and oxygen atoms in total. The van der Waals surface area contributed by atoms with Gasteiger partial charge in [0.05, 0.1) is 12.2 Å². The molecule has 0 saturated heterocycles. The van der Waals surface area contributed by atoms with Crippen LogP contribution in [0.2, 0.25) is 6.32 Å². The van der Waals surface area contributed by atoms with Gasteiger partial charge in [0.1, 0.15) is 13.3 Å². The minimum absolute atomic E-state index is 0.0157. The summed E-state index contributed by atoms with van der Waals surface area (Å²) in [6, 6.07) is 0. The van der Waals surface area contributed by atoms with Crippen molar-refractivity contribution >= 4 is 23.7 Å². The molecule has 0 aliphatic heterocycles. The Hall–Kier alpha value is 0.605. The third kappa shape index (κ3) is 8.72. The summed E-state index contributed by atoms with van der Waals surface area (Å²) in [5, 5.41) is 0. The highest BCUT2D eigenvalue weighted by molar-refractivity contribution is 7.55. The molecule has 95 valence electrons. The SMILES string of the molecule is CC(C)OP(=O)(COCC[B]P)OC(C)C. The Morgan fingerprint density at radius 2 is 1.69 bits per heavy atom. The average molecular weight is 267 g/mol. The van der Waals surface area contributed by atoms with E-state index in [0.29, 0.717) is 6.61 Å². The Balaban J connectivity index is 4.14. The molecular weight excluding hydrogens is 245 g/mol. The highest BCUT2D eigenvalue weighted by atomic mass is 31.2. The lowest BCUT2D eigenvalue weighted by molar-refractivity contribution is 0.103. The molecular formula is C9H22BO4P2. The lowest BCUT2D eigenvalue weighted by atomic mass is 10.0. The molecule has 0 bridgehead atoms. The van der Waals surface area contributed by atoms with Gasteiger partial charge in [-0.3, -0.25) is 4.57 Å². The summed E-state index contributed by atoms with van der Waals surface area (Å²) >= 11 is 0. The van der Waals surface area contributed by atoms with Crippen molar-refractivity contribution in [1.82, 2.24) is 0 Å². The van der Waals surface area contributed by atoms with E-state index in [-0.39, 0.29) is 18.6 Å². The fraction of sp³-hybridized carbons (Fsp3) is 1.00. The minimum Gasteiger partial charge on any atom is -0.370 e. The summed E-state index contributed by atoms with van der Waals surface area (Å²) in [7, 11) is -0.617. The standard InChI is InChI=1S/C9H22BO4P2/c1-8(2)13-16(11,14-9(3)4)7-12-6-5-10-15/h8-9H,5-7,15H2,1-4H3. The molecule has 0 aliphatic rings. The van der Waals surface area contributed by atoms with Crippen LogP contribution in [0.15, 0.2) is 0 Å². The van der Waals surface area contributed by atoms with Gasteiger partial charge in [0.15, 0.2) is 0 Å². The summed E-state index contributed by atoms with van der Waals surface area (Å²) in [5.74, 6) is 0. The second-order valence-electron chi connectivity index (χ2n) is 3.98. The third-order valence-corrected chi connectivity index (χ3v) is 3.74. The van der Waals surface area contributed by atoms with E-state index < -0.39 is 7.60 Å². The van der Waals surface area contributed by atoms with E-state index in [2.05, 4.69) is 9.12 Å². The molecule has 0 heterocycles. The predicted molar refractivity (Wildman–Crippen MR) is 71.1 cm³/mol. The summed E-state index contributed by atoms with van der Waals surface area (Å²) in [6.45, 7) is 9.74. The van der Waals surface area contributed by atoms with Gasteiger partial charge < -0.3 is 13.8 Å². The number of ether oxygens (including phenoxy) is 1. The second kappa shape index (κ2) is 8.66. The van der Waals surface area contributed by atoms with Crippen LogP contribution in [0.5, 0.6) is 0 Å². The zero-order chi connectivity index (χ0) is 12.6. The quantitative estimate of drug-likeness (QED) is 0.366. The molecule has 1 radical (unpaired) electrons. The van der Waals surface area contributed by atoms with Crippen molar-refractivity contribution in [2.75, 3.05) is 13.0 Å². The van der Waals surface area contributed by atoms with Crippen LogP contribution in [-0.4, -0.2) is 32.2 Å². The van der Waals surface area contributed by atoms with Crippen molar-refractivity contribution in [3.8, 4) is 0 Å². The van der Waals surface area contributed by atoms with E-state index in [4.69, 9.17) is 13.8 Å². The largest absolute Gasteiger partial charge is 0.370 e. The van der Waals surface area contributed by atoms with Crippen molar-refractivity contribution in [1.29, 1.82) is 0 Å². The summed E-state index contributed by atoms with van der Waals surface area (Å²) in [6.07, 6.45) is 0.540. The highest BCUT2D eigenvalue weighted by Gasteiger charge is 2.27. The van der Waals surface area contributed by atoms with Gasteiger partial charge in [-0.2, -0.15) is 9.12 Å². The molecule has 0 aromatic rings. The summed E-state index contributed by atoms with van der Waals surface area (Å²) < 4.78 is 28.1. The molecule has 0 spiro atoms. The van der Waals surface area contributed by atoms with Gasteiger partial charge in [-0.05, 0) is 27.7 Å².